The summed E-state index contributed by atoms with van der Waals surface area (Å²) < 4.78 is 5.16. The topological polar surface area (TPSA) is 51.6 Å². The third-order valence-corrected chi connectivity index (χ3v) is 3.20. The van der Waals surface area contributed by atoms with Crippen LogP contribution in [0.3, 0.4) is 0 Å². The van der Waals surface area contributed by atoms with Crippen molar-refractivity contribution in [2.24, 2.45) is 4.99 Å². The number of ether oxygens (including phenoxy) is 1. The van der Waals surface area contributed by atoms with Gasteiger partial charge < -0.3 is 4.74 Å². The zero-order valence-corrected chi connectivity index (χ0v) is 11.6. The maximum absolute atomic E-state index is 11.9. The molecule has 1 aromatic heterocycles. The summed E-state index contributed by atoms with van der Waals surface area (Å²) in [4.78, 5) is 20.2. The van der Waals surface area contributed by atoms with Gasteiger partial charge in [-0.25, -0.2) is 9.79 Å². The molecule has 0 N–H and O–H groups in total. The van der Waals surface area contributed by atoms with Crippen molar-refractivity contribution in [3.63, 3.8) is 0 Å². The summed E-state index contributed by atoms with van der Waals surface area (Å²) in [6, 6.07) is 13.4. The van der Waals surface area contributed by atoms with Crippen molar-refractivity contribution in [2.45, 2.75) is 13.3 Å². The molecular weight excluding hydrogens is 264 g/mol. The number of hydrogen-bond acceptors (Lipinski definition) is 4. The van der Waals surface area contributed by atoms with E-state index in [2.05, 4.69) is 16.9 Å². The molecule has 2 aromatic rings. The van der Waals surface area contributed by atoms with Crippen LogP contribution in [0.25, 0.3) is 6.08 Å². The number of carbonyl (C=O) groups excluding carboxylic acids is 1. The van der Waals surface area contributed by atoms with E-state index in [0.29, 0.717) is 11.4 Å². The first-order chi connectivity index (χ1) is 10.3. The van der Waals surface area contributed by atoms with E-state index >= 15 is 0 Å². The standard InChI is InChI=1S/C17H14N2O2/c1-2-12-6-8-13(9-7-12)11-15-17(20)21-16(19-15)14-5-3-4-10-18-14/h3-11H,2H2,1H3/b15-11+. The van der Waals surface area contributed by atoms with E-state index in [9.17, 15) is 4.79 Å². The number of aliphatic imine (C=N–C) groups is 1. The van der Waals surface area contributed by atoms with E-state index in [-0.39, 0.29) is 5.90 Å². The average Bonchev–Trinajstić information content (AvgIpc) is 2.90. The summed E-state index contributed by atoms with van der Waals surface area (Å²) in [5.74, 6) is -0.202. The van der Waals surface area contributed by atoms with Gasteiger partial charge in [0.05, 0.1) is 0 Å². The molecule has 0 unspecified atom stereocenters. The molecule has 0 fully saturated rings. The number of hydrogen-bond donors (Lipinski definition) is 0. The van der Waals surface area contributed by atoms with Crippen LogP contribution >= 0.6 is 0 Å². The summed E-state index contributed by atoms with van der Waals surface area (Å²) in [5.41, 5.74) is 3.02. The van der Waals surface area contributed by atoms with Gasteiger partial charge in [-0.2, -0.15) is 0 Å². The lowest BCUT2D eigenvalue weighted by molar-refractivity contribution is -0.129. The van der Waals surface area contributed by atoms with Crippen LogP contribution in [0.15, 0.2) is 59.4 Å². The molecule has 0 spiro atoms. The fourth-order valence-electron chi connectivity index (χ4n) is 2.02. The highest BCUT2D eigenvalue weighted by Gasteiger charge is 2.24. The Morgan fingerprint density at radius 2 is 1.95 bits per heavy atom. The Morgan fingerprint density at radius 1 is 1.14 bits per heavy atom. The van der Waals surface area contributed by atoms with Crippen LogP contribution in [0.1, 0.15) is 23.7 Å². The predicted molar refractivity (Wildman–Crippen MR) is 80.7 cm³/mol. The lowest BCUT2D eigenvalue weighted by Gasteiger charge is -1.97. The summed E-state index contributed by atoms with van der Waals surface area (Å²) in [6.45, 7) is 2.10. The van der Waals surface area contributed by atoms with Crippen molar-refractivity contribution in [1.82, 2.24) is 4.98 Å². The van der Waals surface area contributed by atoms with E-state index in [1.165, 1.54) is 5.56 Å². The summed E-state index contributed by atoms with van der Waals surface area (Å²) in [6.07, 6.45) is 4.34. The number of rotatable bonds is 3. The summed E-state index contributed by atoms with van der Waals surface area (Å²) in [7, 11) is 0. The van der Waals surface area contributed by atoms with Gasteiger partial charge in [0.2, 0.25) is 5.90 Å². The number of pyridine rings is 1. The zero-order chi connectivity index (χ0) is 14.7. The van der Waals surface area contributed by atoms with Crippen LogP contribution in [0, 0.1) is 0 Å². The lowest BCUT2D eigenvalue weighted by Crippen LogP contribution is -2.06. The Bertz CT molecular complexity index is 716. The molecule has 1 aliphatic heterocycles. The number of carbonyl (C=O) groups is 1. The van der Waals surface area contributed by atoms with Crippen LogP contribution in [0.4, 0.5) is 0 Å². The molecule has 21 heavy (non-hydrogen) atoms. The number of aromatic nitrogens is 1. The lowest BCUT2D eigenvalue weighted by atomic mass is 10.1. The molecule has 0 atom stereocenters. The number of cyclic esters (lactones) is 1. The van der Waals surface area contributed by atoms with Gasteiger partial charge in [0.25, 0.3) is 0 Å². The van der Waals surface area contributed by atoms with Crippen molar-refractivity contribution in [3.05, 3.63) is 71.2 Å². The number of esters is 1. The summed E-state index contributed by atoms with van der Waals surface area (Å²) >= 11 is 0. The third-order valence-electron chi connectivity index (χ3n) is 3.20. The predicted octanol–water partition coefficient (Wildman–Crippen LogP) is 2.99. The smallest absolute Gasteiger partial charge is 0.363 e. The average molecular weight is 278 g/mol. The van der Waals surface area contributed by atoms with Gasteiger partial charge in [-0.15, -0.1) is 0 Å². The van der Waals surface area contributed by atoms with Gasteiger partial charge in [0.1, 0.15) is 5.69 Å². The maximum Gasteiger partial charge on any atom is 0.363 e. The molecule has 0 radical (unpaired) electrons. The second kappa shape index (κ2) is 5.71. The first kappa shape index (κ1) is 13.2. The minimum atomic E-state index is -0.449. The maximum atomic E-state index is 11.9. The van der Waals surface area contributed by atoms with Gasteiger partial charge in [0, 0.05) is 6.20 Å². The van der Waals surface area contributed by atoms with Crippen LogP contribution < -0.4 is 0 Å². The number of benzene rings is 1. The zero-order valence-electron chi connectivity index (χ0n) is 11.6. The van der Waals surface area contributed by atoms with Crippen molar-refractivity contribution < 1.29 is 9.53 Å². The fraction of sp³-hybridized carbons (Fsp3) is 0.118. The van der Waals surface area contributed by atoms with Crippen LogP contribution in [0.2, 0.25) is 0 Å². The molecule has 2 heterocycles. The normalized spacial score (nSPS) is 16.0. The fourth-order valence-corrected chi connectivity index (χ4v) is 2.02. The van der Waals surface area contributed by atoms with Gasteiger partial charge in [0.15, 0.2) is 5.70 Å². The SMILES string of the molecule is CCc1ccc(/C=C2/N=C(c3ccccn3)OC2=O)cc1. The first-order valence-corrected chi connectivity index (χ1v) is 6.79. The Kier molecular flexibility index (Phi) is 3.60. The molecule has 0 bridgehead atoms. The van der Waals surface area contributed by atoms with E-state index < -0.39 is 5.97 Å². The Labute approximate surface area is 122 Å². The number of aryl methyl sites for hydroxylation is 1. The highest BCUT2D eigenvalue weighted by atomic mass is 16.6. The van der Waals surface area contributed by atoms with E-state index in [0.717, 1.165) is 12.0 Å². The minimum Gasteiger partial charge on any atom is -0.400 e. The van der Waals surface area contributed by atoms with Crippen molar-refractivity contribution in [1.29, 1.82) is 0 Å². The molecule has 4 heteroatoms. The first-order valence-electron chi connectivity index (χ1n) is 6.79. The molecule has 0 saturated carbocycles. The van der Waals surface area contributed by atoms with Crippen molar-refractivity contribution >= 4 is 17.9 Å². The minimum absolute atomic E-state index is 0.247. The molecule has 4 nitrogen and oxygen atoms in total. The van der Waals surface area contributed by atoms with E-state index in [4.69, 9.17) is 4.74 Å². The molecule has 3 rings (SSSR count). The molecule has 0 saturated heterocycles. The second-order valence-electron chi connectivity index (χ2n) is 4.65. The summed E-state index contributed by atoms with van der Waals surface area (Å²) in [5, 5.41) is 0. The Balaban J connectivity index is 1.89. The van der Waals surface area contributed by atoms with Crippen molar-refractivity contribution in [2.75, 3.05) is 0 Å². The molecule has 0 amide bonds. The van der Waals surface area contributed by atoms with Crippen LogP contribution in [-0.4, -0.2) is 16.9 Å². The Morgan fingerprint density at radius 3 is 2.62 bits per heavy atom. The molecule has 1 aliphatic rings. The van der Waals surface area contributed by atoms with Gasteiger partial charge >= 0.3 is 5.97 Å². The molecular formula is C17H14N2O2. The quantitative estimate of drug-likeness (QED) is 0.640. The highest BCUT2D eigenvalue weighted by Crippen LogP contribution is 2.18. The molecule has 0 aliphatic carbocycles. The van der Waals surface area contributed by atoms with Gasteiger partial charge in [-0.3, -0.25) is 4.98 Å². The molecule has 1 aromatic carbocycles. The van der Waals surface area contributed by atoms with Crippen LogP contribution in [0.5, 0.6) is 0 Å². The van der Waals surface area contributed by atoms with E-state index in [1.807, 2.05) is 30.3 Å². The molecule has 104 valence electrons. The van der Waals surface area contributed by atoms with E-state index in [1.54, 1.807) is 24.4 Å². The third kappa shape index (κ3) is 2.89. The van der Waals surface area contributed by atoms with Crippen LogP contribution in [-0.2, 0) is 16.0 Å². The number of nitrogens with zero attached hydrogens (tertiary/aromatic N) is 2. The van der Waals surface area contributed by atoms with Gasteiger partial charge in [-0.05, 0) is 35.8 Å². The van der Waals surface area contributed by atoms with Gasteiger partial charge in [-0.1, -0.05) is 37.3 Å². The highest BCUT2D eigenvalue weighted by molar-refractivity contribution is 6.12. The van der Waals surface area contributed by atoms with Crippen molar-refractivity contribution in [3.8, 4) is 0 Å². The Hall–Kier alpha value is -2.75. The second-order valence-corrected chi connectivity index (χ2v) is 4.65. The largest absolute Gasteiger partial charge is 0.400 e. The monoisotopic (exact) mass is 278 g/mol.